The number of hydrogen-bond donors (Lipinski definition) is 1. The number of amides is 2. The van der Waals surface area contributed by atoms with Crippen molar-refractivity contribution in [3.63, 3.8) is 0 Å². The summed E-state index contributed by atoms with van der Waals surface area (Å²) in [4.78, 5) is 28.9. The average molecular weight is 449 g/mol. The fourth-order valence-corrected chi connectivity index (χ4v) is 3.72. The van der Waals surface area contributed by atoms with Crippen molar-refractivity contribution >= 4 is 46.4 Å². The van der Waals surface area contributed by atoms with Gasteiger partial charge in [0.1, 0.15) is 12.4 Å². The van der Waals surface area contributed by atoms with E-state index in [1.807, 2.05) is 54.6 Å². The van der Waals surface area contributed by atoms with Crippen molar-refractivity contribution in [3.8, 4) is 5.75 Å². The van der Waals surface area contributed by atoms with Crippen molar-refractivity contribution in [1.29, 1.82) is 0 Å². The van der Waals surface area contributed by atoms with Crippen molar-refractivity contribution in [3.05, 3.63) is 105 Å². The summed E-state index contributed by atoms with van der Waals surface area (Å²) in [6.45, 7) is 0.436. The van der Waals surface area contributed by atoms with Crippen molar-refractivity contribution in [2.45, 2.75) is 6.61 Å². The zero-order chi connectivity index (χ0) is 21.6. The van der Waals surface area contributed by atoms with Crippen LogP contribution in [0.4, 0.5) is 0 Å². The summed E-state index contributed by atoms with van der Waals surface area (Å²) in [7, 11) is 0. The minimum Gasteiger partial charge on any atom is -0.489 e. The minimum absolute atomic E-state index is 0.271. The van der Waals surface area contributed by atoms with Crippen molar-refractivity contribution < 1.29 is 14.3 Å². The number of rotatable bonds is 5. The lowest BCUT2D eigenvalue weighted by Gasteiger charge is -2.06. The Morgan fingerprint density at radius 3 is 2.42 bits per heavy atom. The molecule has 7 heteroatoms. The van der Waals surface area contributed by atoms with Gasteiger partial charge in [-0.15, -0.1) is 0 Å². The molecule has 1 aliphatic heterocycles. The highest BCUT2D eigenvalue weighted by Gasteiger charge is 2.24. The topological polar surface area (TPSA) is 67.8 Å². The molecule has 1 saturated heterocycles. The third kappa shape index (κ3) is 5.63. The van der Waals surface area contributed by atoms with Crippen LogP contribution in [0.1, 0.15) is 21.5 Å². The molecule has 154 valence electrons. The van der Waals surface area contributed by atoms with Crippen molar-refractivity contribution in [2.24, 2.45) is 4.99 Å². The first-order valence-corrected chi connectivity index (χ1v) is 10.6. The quantitative estimate of drug-likeness (QED) is 0.536. The van der Waals surface area contributed by atoms with E-state index < -0.39 is 5.91 Å². The Bertz CT molecular complexity index is 1160. The van der Waals surface area contributed by atoms with Gasteiger partial charge in [-0.25, -0.2) is 0 Å². The lowest BCUT2D eigenvalue weighted by atomic mass is 10.2. The highest BCUT2D eigenvalue weighted by Crippen LogP contribution is 2.27. The predicted molar refractivity (Wildman–Crippen MR) is 124 cm³/mol. The number of hydrogen-bond acceptors (Lipinski definition) is 4. The number of aliphatic imine (C=N–C) groups is 1. The molecule has 5 nitrogen and oxygen atoms in total. The number of carbonyl (C=O) groups is 2. The van der Waals surface area contributed by atoms with Gasteiger partial charge >= 0.3 is 0 Å². The number of ether oxygens (including phenoxy) is 1. The lowest BCUT2D eigenvalue weighted by Crippen LogP contribution is -2.20. The molecule has 0 spiro atoms. The fourth-order valence-electron chi connectivity index (χ4n) is 2.78. The first-order chi connectivity index (χ1) is 15.1. The lowest BCUT2D eigenvalue weighted by molar-refractivity contribution is -0.115. The molecule has 1 N–H and O–H groups in total. The maximum atomic E-state index is 12.2. The summed E-state index contributed by atoms with van der Waals surface area (Å²) < 4.78 is 5.78. The van der Waals surface area contributed by atoms with E-state index in [0.717, 1.165) is 28.6 Å². The van der Waals surface area contributed by atoms with Gasteiger partial charge in [0.25, 0.3) is 11.8 Å². The molecule has 1 fully saturated rings. The number of thioether (sulfide) groups is 1. The van der Waals surface area contributed by atoms with E-state index in [4.69, 9.17) is 16.3 Å². The van der Waals surface area contributed by atoms with E-state index in [2.05, 4.69) is 10.3 Å². The number of carbonyl (C=O) groups excluding carboxylic acids is 2. The summed E-state index contributed by atoms with van der Waals surface area (Å²) in [6.07, 6.45) is 1.75. The van der Waals surface area contributed by atoms with Gasteiger partial charge in [-0.1, -0.05) is 54.1 Å². The van der Waals surface area contributed by atoms with E-state index in [9.17, 15) is 9.59 Å². The van der Waals surface area contributed by atoms with Gasteiger partial charge < -0.3 is 10.1 Å². The molecule has 0 saturated carbocycles. The Morgan fingerprint density at radius 2 is 1.71 bits per heavy atom. The van der Waals surface area contributed by atoms with Crippen molar-refractivity contribution in [1.82, 2.24) is 5.32 Å². The highest BCUT2D eigenvalue weighted by molar-refractivity contribution is 8.18. The number of nitrogens with zero attached hydrogens (tertiary/aromatic N) is 1. The summed E-state index contributed by atoms with van der Waals surface area (Å²) in [5.74, 6) is 0.0378. The molecular weight excluding hydrogens is 432 g/mol. The number of benzene rings is 3. The zero-order valence-electron chi connectivity index (χ0n) is 16.2. The van der Waals surface area contributed by atoms with Crippen LogP contribution in [-0.4, -0.2) is 17.0 Å². The smallest absolute Gasteiger partial charge is 0.279 e. The van der Waals surface area contributed by atoms with Gasteiger partial charge in [0, 0.05) is 10.6 Å². The standard InChI is InChI=1S/C24H17ClN2O3S/c25-19-10-6-17(7-11-19)15-30-20-12-8-16(9-13-20)14-21-23(29)27-24(31-21)26-22(28)18-4-2-1-3-5-18/h1-14H,15H2,(H,26,27,28,29)/b21-14-. The van der Waals surface area contributed by atoms with Crippen LogP contribution in [0.5, 0.6) is 5.75 Å². The highest BCUT2D eigenvalue weighted by atomic mass is 35.5. The average Bonchev–Trinajstić information content (AvgIpc) is 3.13. The normalized spacial score (nSPS) is 15.8. The first-order valence-electron chi connectivity index (χ1n) is 9.43. The molecule has 3 aromatic rings. The molecule has 1 aliphatic rings. The van der Waals surface area contributed by atoms with E-state index in [0.29, 0.717) is 22.1 Å². The van der Waals surface area contributed by atoms with Gasteiger partial charge in [-0.2, -0.15) is 4.99 Å². The number of amidine groups is 1. The number of halogens is 1. The molecule has 0 aromatic heterocycles. The Kier molecular flexibility index (Phi) is 6.50. The third-order valence-corrected chi connectivity index (χ3v) is 5.53. The molecular formula is C24H17ClN2O3S. The second-order valence-corrected chi connectivity index (χ2v) is 8.10. The molecule has 0 radical (unpaired) electrons. The molecule has 0 bridgehead atoms. The van der Waals surface area contributed by atoms with Gasteiger partial charge in [0.2, 0.25) is 0 Å². The van der Waals surface area contributed by atoms with E-state index >= 15 is 0 Å². The molecule has 31 heavy (non-hydrogen) atoms. The van der Waals surface area contributed by atoms with Crippen molar-refractivity contribution in [2.75, 3.05) is 0 Å². The molecule has 2 amide bonds. The first kappa shape index (κ1) is 20.9. The Balaban J connectivity index is 1.39. The van der Waals surface area contributed by atoms with Crippen LogP contribution in [0.3, 0.4) is 0 Å². The third-order valence-electron chi connectivity index (χ3n) is 4.37. The molecule has 4 rings (SSSR count). The van der Waals surface area contributed by atoms with Crippen LogP contribution in [0.15, 0.2) is 88.8 Å². The fraction of sp³-hybridized carbons (Fsp3) is 0.0417. The molecule has 0 unspecified atom stereocenters. The monoisotopic (exact) mass is 448 g/mol. The maximum Gasteiger partial charge on any atom is 0.279 e. The van der Waals surface area contributed by atoms with Gasteiger partial charge in [-0.05, 0) is 65.4 Å². The largest absolute Gasteiger partial charge is 0.489 e. The van der Waals surface area contributed by atoms with Crippen LogP contribution < -0.4 is 10.1 Å². The molecule has 3 aromatic carbocycles. The predicted octanol–water partition coefficient (Wildman–Crippen LogP) is 5.32. The van der Waals surface area contributed by atoms with Crippen LogP contribution in [0.2, 0.25) is 5.02 Å². The summed E-state index contributed by atoms with van der Waals surface area (Å²) >= 11 is 7.02. The van der Waals surface area contributed by atoms with Crippen LogP contribution in [0.25, 0.3) is 6.08 Å². The van der Waals surface area contributed by atoms with E-state index in [-0.39, 0.29) is 11.1 Å². The summed E-state index contributed by atoms with van der Waals surface area (Å²) in [6, 6.07) is 23.6. The van der Waals surface area contributed by atoms with Crippen LogP contribution >= 0.6 is 23.4 Å². The molecule has 1 heterocycles. The summed E-state index contributed by atoms with van der Waals surface area (Å²) in [5.41, 5.74) is 2.33. The van der Waals surface area contributed by atoms with E-state index in [1.54, 1.807) is 30.3 Å². The Morgan fingerprint density at radius 1 is 1.00 bits per heavy atom. The van der Waals surface area contributed by atoms with Crippen LogP contribution in [-0.2, 0) is 11.4 Å². The SMILES string of the molecule is O=C1NC(=NC(=O)c2ccccc2)S/C1=C\c1ccc(OCc2ccc(Cl)cc2)cc1. The summed E-state index contributed by atoms with van der Waals surface area (Å²) in [5, 5.41) is 3.59. The second-order valence-electron chi connectivity index (χ2n) is 6.64. The Hall–Kier alpha value is -3.35. The zero-order valence-corrected chi connectivity index (χ0v) is 17.8. The molecule has 0 aliphatic carbocycles. The maximum absolute atomic E-state index is 12.2. The Labute approximate surface area is 188 Å². The minimum atomic E-state index is -0.396. The van der Waals surface area contributed by atoms with Gasteiger partial charge in [0.05, 0.1) is 4.91 Å². The van der Waals surface area contributed by atoms with Crippen LogP contribution in [0, 0.1) is 0 Å². The van der Waals surface area contributed by atoms with Gasteiger partial charge in [-0.3, -0.25) is 9.59 Å². The number of nitrogens with one attached hydrogen (secondary N) is 1. The second kappa shape index (κ2) is 9.64. The van der Waals surface area contributed by atoms with E-state index in [1.165, 1.54) is 0 Å². The van der Waals surface area contributed by atoms with Gasteiger partial charge in [0.15, 0.2) is 5.17 Å². The molecule has 0 atom stereocenters.